The molecule has 0 aromatic heterocycles. The van der Waals surface area contributed by atoms with Crippen molar-refractivity contribution in [1.29, 1.82) is 0 Å². The number of nitrogens with one attached hydrogen (secondary N) is 2. The number of amides is 3. The summed E-state index contributed by atoms with van der Waals surface area (Å²) in [5.74, 6) is -0.566. The van der Waals surface area contributed by atoms with Crippen LogP contribution in [0.15, 0.2) is 24.3 Å². The molecule has 21 heavy (non-hydrogen) atoms. The predicted molar refractivity (Wildman–Crippen MR) is 77.6 cm³/mol. The fraction of sp³-hybridized carbons (Fsp3) is 0.333. The van der Waals surface area contributed by atoms with E-state index >= 15 is 0 Å². The topological polar surface area (TPSA) is 105 Å². The van der Waals surface area contributed by atoms with Gasteiger partial charge in [-0.2, -0.15) is 0 Å². The molecule has 9 heteroatoms. The van der Waals surface area contributed by atoms with Gasteiger partial charge in [-0.3, -0.25) is 20.2 Å². The molecule has 0 unspecified atom stereocenters. The van der Waals surface area contributed by atoms with E-state index in [0.717, 1.165) is 0 Å². The number of rotatable bonds is 2. The van der Waals surface area contributed by atoms with E-state index in [1.807, 2.05) is 0 Å². The highest BCUT2D eigenvalue weighted by Crippen LogP contribution is 2.11. The maximum Gasteiger partial charge on any atom is 0.324 e. The highest BCUT2D eigenvalue weighted by molar-refractivity contribution is 6.04. The third-order valence-corrected chi connectivity index (χ3v) is 2.96. The Morgan fingerprint density at radius 2 is 1.76 bits per heavy atom. The molecule has 1 aromatic rings. The summed E-state index contributed by atoms with van der Waals surface area (Å²) in [6.45, 7) is 2.47. The molecule has 1 fully saturated rings. The molecule has 0 radical (unpaired) electrons. The maximum atomic E-state index is 11.8. The van der Waals surface area contributed by atoms with E-state index in [9.17, 15) is 19.7 Å². The van der Waals surface area contributed by atoms with E-state index in [-0.39, 0.29) is 23.7 Å². The van der Waals surface area contributed by atoms with Crippen molar-refractivity contribution in [2.24, 2.45) is 0 Å². The third-order valence-electron chi connectivity index (χ3n) is 2.96. The average Bonchev–Trinajstić information content (AvgIpc) is 2.48. The summed E-state index contributed by atoms with van der Waals surface area (Å²) >= 11 is 0. The number of carbonyl (C=O) groups excluding carboxylic acids is 2. The molecule has 3 amide bonds. The van der Waals surface area contributed by atoms with E-state index in [2.05, 4.69) is 10.6 Å². The smallest absolute Gasteiger partial charge is 0.322 e. The number of nitro groups is 1. The molecule has 1 aliphatic rings. The number of hydrogen-bond acceptors (Lipinski definition) is 5. The molecule has 2 rings (SSSR count). The van der Waals surface area contributed by atoms with Gasteiger partial charge in [-0.15, -0.1) is 12.4 Å². The molecular weight excluding hydrogens is 300 g/mol. The molecular formula is C12H15ClN4O4. The summed E-state index contributed by atoms with van der Waals surface area (Å²) in [6.07, 6.45) is 0. The summed E-state index contributed by atoms with van der Waals surface area (Å²) in [4.78, 5) is 35.1. The van der Waals surface area contributed by atoms with Crippen molar-refractivity contribution >= 4 is 30.0 Å². The quantitative estimate of drug-likeness (QED) is 0.620. The minimum absolute atomic E-state index is 0. The summed E-state index contributed by atoms with van der Waals surface area (Å²) in [5, 5.41) is 15.9. The van der Waals surface area contributed by atoms with Crippen LogP contribution in [-0.4, -0.2) is 47.9 Å². The highest BCUT2D eigenvalue weighted by Gasteiger charge is 2.19. The standard InChI is InChI=1S/C12H14N4O4.ClH/c17-11(9-1-3-10(4-2-9)16(19)20)14-12(18)15-7-5-13-6-8-15;/h1-4,13H,5-8H2,(H,14,17,18);1H. The first-order chi connectivity index (χ1) is 9.58. The predicted octanol–water partition coefficient (Wildman–Crippen LogP) is 0.772. The summed E-state index contributed by atoms with van der Waals surface area (Å²) < 4.78 is 0. The number of nitrogens with zero attached hydrogens (tertiary/aromatic N) is 2. The number of piperazine rings is 1. The molecule has 0 aliphatic carbocycles. The van der Waals surface area contributed by atoms with Crippen molar-refractivity contribution < 1.29 is 14.5 Å². The Bertz CT molecular complexity index is 529. The minimum atomic E-state index is -0.566. The first kappa shape index (κ1) is 16.9. The van der Waals surface area contributed by atoms with Gasteiger partial charge in [0.15, 0.2) is 0 Å². The second kappa shape index (κ2) is 7.55. The van der Waals surface area contributed by atoms with Crippen molar-refractivity contribution in [3.05, 3.63) is 39.9 Å². The van der Waals surface area contributed by atoms with E-state index in [0.29, 0.717) is 26.2 Å². The fourth-order valence-corrected chi connectivity index (χ4v) is 1.85. The molecule has 0 saturated carbocycles. The van der Waals surface area contributed by atoms with Gasteiger partial charge in [0.05, 0.1) is 4.92 Å². The van der Waals surface area contributed by atoms with Crippen LogP contribution in [0.3, 0.4) is 0 Å². The molecule has 114 valence electrons. The van der Waals surface area contributed by atoms with Crippen LogP contribution in [0.1, 0.15) is 10.4 Å². The Morgan fingerprint density at radius 3 is 2.29 bits per heavy atom. The van der Waals surface area contributed by atoms with Gasteiger partial charge in [-0.05, 0) is 12.1 Å². The molecule has 0 bridgehead atoms. The Kier molecular flexibility index (Phi) is 6.07. The Morgan fingerprint density at radius 1 is 1.19 bits per heavy atom. The van der Waals surface area contributed by atoms with Gasteiger partial charge >= 0.3 is 6.03 Å². The number of non-ortho nitro benzene ring substituents is 1. The first-order valence-electron chi connectivity index (χ1n) is 6.13. The Balaban J connectivity index is 0.00000220. The van der Waals surface area contributed by atoms with Gasteiger partial charge in [0.2, 0.25) is 0 Å². The van der Waals surface area contributed by atoms with Crippen LogP contribution in [0.2, 0.25) is 0 Å². The SMILES string of the molecule is Cl.O=C(NC(=O)N1CCNCC1)c1ccc([N+](=O)[O-])cc1. The molecule has 0 spiro atoms. The molecule has 0 atom stereocenters. The van der Waals surface area contributed by atoms with Crippen LogP contribution < -0.4 is 10.6 Å². The van der Waals surface area contributed by atoms with Crippen LogP contribution in [0.25, 0.3) is 0 Å². The van der Waals surface area contributed by atoms with Gasteiger partial charge in [0, 0.05) is 43.9 Å². The van der Waals surface area contributed by atoms with Crippen LogP contribution in [-0.2, 0) is 0 Å². The van der Waals surface area contributed by atoms with Crippen LogP contribution in [0.4, 0.5) is 10.5 Å². The van der Waals surface area contributed by atoms with Gasteiger partial charge in [-0.25, -0.2) is 4.79 Å². The van der Waals surface area contributed by atoms with Crippen molar-refractivity contribution in [2.75, 3.05) is 26.2 Å². The number of imide groups is 1. The first-order valence-corrected chi connectivity index (χ1v) is 6.13. The summed E-state index contributed by atoms with van der Waals surface area (Å²) in [5.41, 5.74) is 0.106. The molecule has 1 aliphatic heterocycles. The Labute approximate surface area is 127 Å². The van der Waals surface area contributed by atoms with Gasteiger partial charge in [0.1, 0.15) is 0 Å². The van der Waals surface area contributed by atoms with E-state index in [1.165, 1.54) is 24.3 Å². The molecule has 8 nitrogen and oxygen atoms in total. The van der Waals surface area contributed by atoms with Crippen molar-refractivity contribution in [3.63, 3.8) is 0 Å². The van der Waals surface area contributed by atoms with Crippen LogP contribution in [0.5, 0.6) is 0 Å². The number of carbonyl (C=O) groups is 2. The zero-order valence-electron chi connectivity index (χ0n) is 11.1. The third kappa shape index (κ3) is 4.40. The minimum Gasteiger partial charge on any atom is -0.322 e. The Hall–Kier alpha value is -2.19. The highest BCUT2D eigenvalue weighted by atomic mass is 35.5. The number of urea groups is 1. The van der Waals surface area contributed by atoms with Crippen molar-refractivity contribution in [2.45, 2.75) is 0 Å². The monoisotopic (exact) mass is 314 g/mol. The van der Waals surface area contributed by atoms with E-state index < -0.39 is 16.9 Å². The largest absolute Gasteiger partial charge is 0.324 e. The number of benzene rings is 1. The van der Waals surface area contributed by atoms with Crippen LogP contribution in [0, 0.1) is 10.1 Å². The summed E-state index contributed by atoms with van der Waals surface area (Å²) in [6, 6.07) is 4.64. The zero-order chi connectivity index (χ0) is 14.5. The van der Waals surface area contributed by atoms with Gasteiger partial charge in [0.25, 0.3) is 11.6 Å². The normalized spacial score (nSPS) is 14.0. The lowest BCUT2D eigenvalue weighted by atomic mass is 10.2. The molecule has 1 heterocycles. The lowest BCUT2D eigenvalue weighted by Crippen LogP contribution is -2.51. The number of hydrogen-bond donors (Lipinski definition) is 2. The lowest BCUT2D eigenvalue weighted by Gasteiger charge is -2.27. The summed E-state index contributed by atoms with van der Waals surface area (Å²) in [7, 11) is 0. The zero-order valence-corrected chi connectivity index (χ0v) is 11.9. The van der Waals surface area contributed by atoms with E-state index in [4.69, 9.17) is 0 Å². The van der Waals surface area contributed by atoms with Gasteiger partial charge in [-0.1, -0.05) is 0 Å². The lowest BCUT2D eigenvalue weighted by molar-refractivity contribution is -0.384. The number of halogens is 1. The average molecular weight is 315 g/mol. The van der Waals surface area contributed by atoms with Crippen molar-refractivity contribution in [1.82, 2.24) is 15.5 Å². The van der Waals surface area contributed by atoms with Crippen LogP contribution >= 0.6 is 12.4 Å². The second-order valence-corrected chi connectivity index (χ2v) is 4.30. The van der Waals surface area contributed by atoms with Gasteiger partial charge < -0.3 is 10.2 Å². The fourth-order valence-electron chi connectivity index (χ4n) is 1.85. The number of nitro benzene ring substituents is 1. The van der Waals surface area contributed by atoms with E-state index in [1.54, 1.807) is 4.90 Å². The molecule has 1 saturated heterocycles. The molecule has 2 N–H and O–H groups in total. The maximum absolute atomic E-state index is 11.8. The molecule has 1 aromatic carbocycles. The second-order valence-electron chi connectivity index (χ2n) is 4.30. The van der Waals surface area contributed by atoms with Crippen molar-refractivity contribution in [3.8, 4) is 0 Å².